The number of H-pyrrole nitrogens is 1. The number of aromatic nitrogens is 3. The molecular formula is C22H13N3OS. The Hall–Kier alpha value is -3.44. The van der Waals surface area contributed by atoms with Crippen LogP contribution in [-0.2, 0) is 0 Å². The molecule has 3 aromatic heterocycles. The summed E-state index contributed by atoms with van der Waals surface area (Å²) in [4.78, 5) is 12.5. The van der Waals surface area contributed by atoms with Crippen molar-refractivity contribution in [3.05, 3.63) is 73.1 Å². The Balaban J connectivity index is 1.46. The average Bonchev–Trinajstić information content (AvgIpc) is 3.42. The SMILES string of the molecule is c1ccc2[nH]c(-c3ccc4nc(-c5ccc6ncoc6c5)sc4c3)cc2c1. The zero-order valence-electron chi connectivity index (χ0n) is 14.1. The molecule has 6 rings (SSSR count). The van der Waals surface area contributed by atoms with Crippen molar-refractivity contribution < 1.29 is 4.42 Å². The van der Waals surface area contributed by atoms with E-state index in [0.717, 1.165) is 38.4 Å². The smallest absolute Gasteiger partial charge is 0.181 e. The van der Waals surface area contributed by atoms with Crippen LogP contribution in [0.5, 0.6) is 0 Å². The minimum atomic E-state index is 0.783. The molecule has 27 heavy (non-hydrogen) atoms. The number of thiazole rings is 1. The summed E-state index contributed by atoms with van der Waals surface area (Å²) in [5, 5.41) is 2.20. The van der Waals surface area contributed by atoms with Crippen LogP contribution in [0.1, 0.15) is 0 Å². The molecule has 3 aromatic carbocycles. The molecule has 0 unspecified atom stereocenters. The van der Waals surface area contributed by atoms with Crippen LogP contribution in [0.25, 0.3) is 54.0 Å². The van der Waals surface area contributed by atoms with Gasteiger partial charge < -0.3 is 9.40 Å². The zero-order chi connectivity index (χ0) is 17.8. The molecule has 0 saturated heterocycles. The molecule has 0 spiro atoms. The maximum absolute atomic E-state index is 5.42. The van der Waals surface area contributed by atoms with Gasteiger partial charge >= 0.3 is 0 Å². The van der Waals surface area contributed by atoms with Gasteiger partial charge in [0.05, 0.1) is 10.2 Å². The third kappa shape index (κ3) is 2.36. The van der Waals surface area contributed by atoms with Crippen molar-refractivity contribution >= 4 is 43.6 Å². The highest BCUT2D eigenvalue weighted by atomic mass is 32.1. The Morgan fingerprint density at radius 1 is 0.852 bits per heavy atom. The molecule has 0 atom stereocenters. The van der Waals surface area contributed by atoms with Crippen LogP contribution in [0.4, 0.5) is 0 Å². The van der Waals surface area contributed by atoms with E-state index in [1.54, 1.807) is 11.3 Å². The normalized spacial score (nSPS) is 11.7. The average molecular weight is 367 g/mol. The van der Waals surface area contributed by atoms with Gasteiger partial charge in [-0.2, -0.15) is 0 Å². The van der Waals surface area contributed by atoms with Gasteiger partial charge in [0, 0.05) is 22.2 Å². The van der Waals surface area contributed by atoms with Crippen LogP contribution in [0.2, 0.25) is 0 Å². The van der Waals surface area contributed by atoms with Gasteiger partial charge in [0.1, 0.15) is 10.5 Å². The highest BCUT2D eigenvalue weighted by molar-refractivity contribution is 7.21. The Kier molecular flexibility index (Phi) is 3.01. The lowest BCUT2D eigenvalue weighted by Crippen LogP contribution is -1.77. The maximum Gasteiger partial charge on any atom is 0.181 e. The van der Waals surface area contributed by atoms with E-state index >= 15 is 0 Å². The van der Waals surface area contributed by atoms with Crippen molar-refractivity contribution in [1.29, 1.82) is 0 Å². The van der Waals surface area contributed by atoms with E-state index in [1.807, 2.05) is 24.3 Å². The minimum Gasteiger partial charge on any atom is -0.443 e. The van der Waals surface area contributed by atoms with E-state index in [9.17, 15) is 0 Å². The predicted molar refractivity (Wildman–Crippen MR) is 110 cm³/mol. The lowest BCUT2D eigenvalue weighted by molar-refractivity contribution is 0.602. The van der Waals surface area contributed by atoms with E-state index in [0.29, 0.717) is 0 Å². The van der Waals surface area contributed by atoms with Gasteiger partial charge in [0.2, 0.25) is 0 Å². The van der Waals surface area contributed by atoms with Crippen LogP contribution in [0.3, 0.4) is 0 Å². The lowest BCUT2D eigenvalue weighted by atomic mass is 10.1. The van der Waals surface area contributed by atoms with Crippen molar-refractivity contribution in [1.82, 2.24) is 15.0 Å². The molecular weight excluding hydrogens is 354 g/mol. The molecule has 3 heterocycles. The fraction of sp³-hybridized carbons (Fsp3) is 0. The summed E-state index contributed by atoms with van der Waals surface area (Å²) >= 11 is 1.69. The minimum absolute atomic E-state index is 0.783. The molecule has 0 amide bonds. The number of hydrogen-bond acceptors (Lipinski definition) is 4. The lowest BCUT2D eigenvalue weighted by Gasteiger charge is -1.97. The van der Waals surface area contributed by atoms with E-state index in [-0.39, 0.29) is 0 Å². The Bertz CT molecular complexity index is 1410. The van der Waals surface area contributed by atoms with Crippen LogP contribution >= 0.6 is 11.3 Å². The summed E-state index contributed by atoms with van der Waals surface area (Å²) in [6.07, 6.45) is 1.47. The molecule has 0 bridgehead atoms. The van der Waals surface area contributed by atoms with E-state index in [1.165, 1.54) is 22.0 Å². The number of nitrogens with zero attached hydrogens (tertiary/aromatic N) is 2. The molecule has 0 radical (unpaired) electrons. The summed E-state index contributed by atoms with van der Waals surface area (Å²) in [6, 6.07) is 22.9. The highest BCUT2D eigenvalue weighted by Crippen LogP contribution is 2.34. The quantitative estimate of drug-likeness (QED) is 0.393. The third-order valence-electron chi connectivity index (χ3n) is 4.81. The largest absolute Gasteiger partial charge is 0.443 e. The summed E-state index contributed by atoms with van der Waals surface area (Å²) in [5.41, 5.74) is 7.14. The number of rotatable bonds is 2. The standard InChI is InChI=1S/C22H13N3OS/c1-2-4-16-13(3-1)9-19(24-16)14-5-8-18-21(11-14)27-22(25-18)15-6-7-17-20(10-15)26-12-23-17/h1-12,24H. The van der Waals surface area contributed by atoms with Gasteiger partial charge in [-0.05, 0) is 48.0 Å². The van der Waals surface area contributed by atoms with Crippen molar-refractivity contribution in [2.24, 2.45) is 0 Å². The molecule has 0 fully saturated rings. The second kappa shape index (κ2) is 5.53. The Morgan fingerprint density at radius 2 is 1.74 bits per heavy atom. The number of hydrogen-bond donors (Lipinski definition) is 1. The Labute approximate surface area is 158 Å². The Morgan fingerprint density at radius 3 is 2.70 bits per heavy atom. The van der Waals surface area contributed by atoms with Crippen LogP contribution in [-0.4, -0.2) is 15.0 Å². The maximum atomic E-state index is 5.42. The molecule has 6 aromatic rings. The summed E-state index contributed by atoms with van der Waals surface area (Å²) in [6.45, 7) is 0. The second-order valence-corrected chi connectivity index (χ2v) is 7.54. The third-order valence-corrected chi connectivity index (χ3v) is 5.87. The van der Waals surface area contributed by atoms with Crippen molar-refractivity contribution in [2.45, 2.75) is 0 Å². The number of para-hydroxylation sites is 1. The van der Waals surface area contributed by atoms with Crippen LogP contribution in [0, 0.1) is 0 Å². The van der Waals surface area contributed by atoms with Crippen molar-refractivity contribution in [3.8, 4) is 21.8 Å². The first kappa shape index (κ1) is 14.7. The van der Waals surface area contributed by atoms with Crippen LogP contribution < -0.4 is 0 Å². The first-order chi connectivity index (χ1) is 13.3. The number of oxazole rings is 1. The van der Waals surface area contributed by atoms with Gasteiger partial charge in [0.25, 0.3) is 0 Å². The summed E-state index contributed by atoms with van der Waals surface area (Å²) < 4.78 is 6.59. The highest BCUT2D eigenvalue weighted by Gasteiger charge is 2.10. The molecule has 5 heteroatoms. The molecule has 0 aliphatic carbocycles. The molecule has 128 valence electrons. The zero-order valence-corrected chi connectivity index (χ0v) is 15.0. The predicted octanol–water partition coefficient (Wildman–Crippen LogP) is 6.25. The van der Waals surface area contributed by atoms with Crippen molar-refractivity contribution in [3.63, 3.8) is 0 Å². The van der Waals surface area contributed by atoms with E-state index in [2.05, 4.69) is 52.4 Å². The summed E-state index contributed by atoms with van der Waals surface area (Å²) in [5.74, 6) is 0. The first-order valence-corrected chi connectivity index (χ1v) is 9.47. The number of benzene rings is 3. The second-order valence-electron chi connectivity index (χ2n) is 6.51. The molecule has 1 N–H and O–H groups in total. The number of nitrogens with one attached hydrogen (secondary N) is 1. The van der Waals surface area contributed by atoms with Crippen molar-refractivity contribution in [2.75, 3.05) is 0 Å². The monoisotopic (exact) mass is 367 g/mol. The molecule has 4 nitrogen and oxygen atoms in total. The number of aromatic amines is 1. The van der Waals surface area contributed by atoms with E-state index in [4.69, 9.17) is 9.40 Å². The van der Waals surface area contributed by atoms with Gasteiger partial charge in [-0.3, -0.25) is 0 Å². The fourth-order valence-corrected chi connectivity index (χ4v) is 4.43. The molecule has 0 aliphatic rings. The van der Waals surface area contributed by atoms with E-state index < -0.39 is 0 Å². The first-order valence-electron chi connectivity index (χ1n) is 8.66. The van der Waals surface area contributed by atoms with Gasteiger partial charge in [-0.25, -0.2) is 9.97 Å². The fourth-order valence-electron chi connectivity index (χ4n) is 3.43. The topological polar surface area (TPSA) is 54.7 Å². The van der Waals surface area contributed by atoms with Gasteiger partial charge in [-0.15, -0.1) is 11.3 Å². The number of fused-ring (bicyclic) bond motifs is 3. The van der Waals surface area contributed by atoms with Gasteiger partial charge in [-0.1, -0.05) is 24.3 Å². The van der Waals surface area contributed by atoms with Crippen LogP contribution in [0.15, 0.2) is 77.5 Å². The molecule has 0 aliphatic heterocycles. The van der Waals surface area contributed by atoms with Gasteiger partial charge in [0.15, 0.2) is 12.0 Å². The summed E-state index contributed by atoms with van der Waals surface area (Å²) in [7, 11) is 0. The molecule has 0 saturated carbocycles.